The van der Waals surface area contributed by atoms with Gasteiger partial charge in [0.1, 0.15) is 10.6 Å². The van der Waals surface area contributed by atoms with Crippen LogP contribution in [-0.2, 0) is 21.9 Å². The summed E-state index contributed by atoms with van der Waals surface area (Å²) in [4.78, 5) is 26.4. The predicted octanol–water partition coefficient (Wildman–Crippen LogP) is 1.04. The standard InChI is InChI=1S/C18H30N4O4S/c1-13(2)19-17(23)12-21(5)27(25,26)15-10-16(20(4)11-15)18(24)22-8-6-14(3)7-9-22/h10-11,13-14H,6-9,12H2,1-5H3,(H,19,23). The number of nitrogens with one attached hydrogen (secondary N) is 1. The Bertz CT molecular complexity index is 792. The molecule has 0 unspecified atom stereocenters. The van der Waals surface area contributed by atoms with Crippen molar-refractivity contribution in [3.05, 3.63) is 18.0 Å². The molecule has 0 bridgehead atoms. The average Bonchev–Trinajstić information content (AvgIpc) is 2.96. The minimum absolute atomic E-state index is 0.0126. The lowest BCUT2D eigenvalue weighted by atomic mass is 9.99. The lowest BCUT2D eigenvalue weighted by Gasteiger charge is -2.30. The maximum atomic E-state index is 12.8. The molecule has 1 saturated heterocycles. The lowest BCUT2D eigenvalue weighted by Crippen LogP contribution is -2.40. The molecule has 0 saturated carbocycles. The second-order valence-electron chi connectivity index (χ2n) is 7.63. The molecular weight excluding hydrogens is 368 g/mol. The lowest BCUT2D eigenvalue weighted by molar-refractivity contribution is -0.121. The first kappa shape index (κ1) is 21.4. The molecule has 1 aromatic rings. The molecule has 2 amide bonds. The van der Waals surface area contributed by atoms with E-state index < -0.39 is 10.0 Å². The Morgan fingerprint density at radius 3 is 2.44 bits per heavy atom. The second kappa shape index (κ2) is 8.43. The van der Waals surface area contributed by atoms with Crippen LogP contribution in [0.15, 0.2) is 17.2 Å². The molecule has 2 rings (SSSR count). The number of hydrogen-bond donors (Lipinski definition) is 1. The van der Waals surface area contributed by atoms with Crippen LogP contribution >= 0.6 is 0 Å². The van der Waals surface area contributed by atoms with Crippen molar-refractivity contribution in [2.75, 3.05) is 26.7 Å². The number of hydrogen-bond acceptors (Lipinski definition) is 4. The van der Waals surface area contributed by atoms with Crippen molar-refractivity contribution in [1.82, 2.24) is 19.1 Å². The van der Waals surface area contributed by atoms with Gasteiger partial charge in [-0.05, 0) is 38.7 Å². The minimum atomic E-state index is -3.86. The van der Waals surface area contributed by atoms with Gasteiger partial charge in [0.05, 0.1) is 6.54 Å². The van der Waals surface area contributed by atoms with Gasteiger partial charge in [-0.25, -0.2) is 8.42 Å². The summed E-state index contributed by atoms with van der Waals surface area (Å²) >= 11 is 0. The highest BCUT2D eigenvalue weighted by Gasteiger charge is 2.29. The van der Waals surface area contributed by atoms with Gasteiger partial charge < -0.3 is 14.8 Å². The van der Waals surface area contributed by atoms with Gasteiger partial charge in [0, 0.05) is 39.4 Å². The number of nitrogens with zero attached hydrogens (tertiary/aromatic N) is 3. The molecule has 0 aliphatic carbocycles. The first-order valence-electron chi connectivity index (χ1n) is 9.23. The number of carbonyl (C=O) groups excluding carboxylic acids is 2. The van der Waals surface area contributed by atoms with Gasteiger partial charge in [-0.1, -0.05) is 6.92 Å². The third-order valence-corrected chi connectivity index (χ3v) is 6.56. The van der Waals surface area contributed by atoms with Crippen molar-refractivity contribution in [2.45, 2.75) is 44.6 Å². The molecule has 1 fully saturated rings. The maximum absolute atomic E-state index is 12.8. The number of likely N-dealkylation sites (tertiary alicyclic amines) is 1. The van der Waals surface area contributed by atoms with Gasteiger partial charge in [0.2, 0.25) is 15.9 Å². The van der Waals surface area contributed by atoms with Crippen molar-refractivity contribution >= 4 is 21.8 Å². The zero-order chi connectivity index (χ0) is 20.4. The summed E-state index contributed by atoms with van der Waals surface area (Å²) in [6, 6.07) is 1.33. The van der Waals surface area contributed by atoms with E-state index in [1.807, 2.05) is 13.8 Å². The summed E-state index contributed by atoms with van der Waals surface area (Å²) in [6.45, 7) is 6.87. The molecule has 2 heterocycles. The fourth-order valence-electron chi connectivity index (χ4n) is 3.10. The number of carbonyl (C=O) groups is 2. The van der Waals surface area contributed by atoms with E-state index in [1.54, 1.807) is 11.9 Å². The molecule has 1 aliphatic rings. The Morgan fingerprint density at radius 2 is 1.89 bits per heavy atom. The first-order valence-corrected chi connectivity index (χ1v) is 10.7. The summed E-state index contributed by atoms with van der Waals surface area (Å²) in [6.07, 6.45) is 3.33. The van der Waals surface area contributed by atoms with Crippen molar-refractivity contribution < 1.29 is 18.0 Å². The Hall–Kier alpha value is -1.87. The largest absolute Gasteiger partial charge is 0.353 e. The number of piperidine rings is 1. The van der Waals surface area contributed by atoms with Crippen LogP contribution in [0, 0.1) is 5.92 Å². The van der Waals surface area contributed by atoms with E-state index in [0.717, 1.165) is 17.1 Å². The summed E-state index contributed by atoms with van der Waals surface area (Å²) in [5.74, 6) is 0.0702. The summed E-state index contributed by atoms with van der Waals surface area (Å²) in [5.41, 5.74) is 0.336. The Kier molecular flexibility index (Phi) is 6.69. The van der Waals surface area contributed by atoms with Crippen LogP contribution in [0.4, 0.5) is 0 Å². The van der Waals surface area contributed by atoms with E-state index in [-0.39, 0.29) is 29.3 Å². The van der Waals surface area contributed by atoms with Crippen molar-refractivity contribution in [3.8, 4) is 0 Å². The molecule has 0 spiro atoms. The number of aromatic nitrogens is 1. The molecule has 0 aromatic carbocycles. The van der Waals surface area contributed by atoms with Crippen LogP contribution in [0.2, 0.25) is 0 Å². The maximum Gasteiger partial charge on any atom is 0.270 e. The van der Waals surface area contributed by atoms with Crippen molar-refractivity contribution in [3.63, 3.8) is 0 Å². The molecule has 0 atom stereocenters. The molecule has 1 aliphatic heterocycles. The quantitative estimate of drug-likeness (QED) is 0.775. The van der Waals surface area contributed by atoms with Gasteiger partial charge in [-0.2, -0.15) is 4.31 Å². The zero-order valence-corrected chi connectivity index (χ0v) is 17.5. The van der Waals surface area contributed by atoms with E-state index in [1.165, 1.54) is 23.9 Å². The Morgan fingerprint density at radius 1 is 1.30 bits per heavy atom. The van der Waals surface area contributed by atoms with Gasteiger partial charge in [0.15, 0.2) is 0 Å². The molecule has 152 valence electrons. The Labute approximate surface area is 161 Å². The average molecular weight is 399 g/mol. The van der Waals surface area contributed by atoms with E-state index in [0.29, 0.717) is 24.7 Å². The number of sulfonamides is 1. The van der Waals surface area contributed by atoms with Crippen LogP contribution < -0.4 is 5.32 Å². The molecule has 8 nitrogen and oxygen atoms in total. The second-order valence-corrected chi connectivity index (χ2v) is 9.67. The third kappa shape index (κ3) is 5.10. The van der Waals surface area contributed by atoms with Crippen molar-refractivity contribution in [2.24, 2.45) is 13.0 Å². The third-order valence-electron chi connectivity index (χ3n) is 4.79. The molecular formula is C18H30N4O4S. The number of rotatable bonds is 6. The predicted molar refractivity (Wildman–Crippen MR) is 103 cm³/mol. The van der Waals surface area contributed by atoms with Crippen LogP contribution in [-0.4, -0.2) is 66.7 Å². The summed E-state index contributed by atoms with van der Waals surface area (Å²) < 4.78 is 28.1. The normalized spacial score (nSPS) is 16.2. The molecule has 9 heteroatoms. The van der Waals surface area contributed by atoms with Crippen LogP contribution in [0.3, 0.4) is 0 Å². The summed E-state index contributed by atoms with van der Waals surface area (Å²) in [5, 5.41) is 2.67. The molecule has 1 N–H and O–H groups in total. The fraction of sp³-hybridized carbons (Fsp3) is 0.667. The highest BCUT2D eigenvalue weighted by atomic mass is 32.2. The van der Waals surface area contributed by atoms with E-state index in [9.17, 15) is 18.0 Å². The summed E-state index contributed by atoms with van der Waals surface area (Å²) in [7, 11) is -0.850. The minimum Gasteiger partial charge on any atom is -0.353 e. The highest BCUT2D eigenvalue weighted by Crippen LogP contribution is 2.22. The highest BCUT2D eigenvalue weighted by molar-refractivity contribution is 7.89. The fourth-order valence-corrected chi connectivity index (χ4v) is 4.30. The van der Waals surface area contributed by atoms with Gasteiger partial charge in [0.25, 0.3) is 5.91 Å². The number of aryl methyl sites for hydroxylation is 1. The van der Waals surface area contributed by atoms with Crippen LogP contribution in [0.25, 0.3) is 0 Å². The zero-order valence-electron chi connectivity index (χ0n) is 16.7. The molecule has 1 aromatic heterocycles. The molecule has 27 heavy (non-hydrogen) atoms. The van der Waals surface area contributed by atoms with Crippen LogP contribution in [0.5, 0.6) is 0 Å². The monoisotopic (exact) mass is 398 g/mol. The number of amides is 2. The van der Waals surface area contributed by atoms with Crippen molar-refractivity contribution in [1.29, 1.82) is 0 Å². The Balaban J connectivity index is 2.16. The topological polar surface area (TPSA) is 91.7 Å². The van der Waals surface area contributed by atoms with Crippen LogP contribution in [0.1, 0.15) is 44.1 Å². The SMILES string of the molecule is CC1CCN(C(=O)c2cc(S(=O)(=O)N(C)CC(=O)NC(C)C)cn2C)CC1. The van der Waals surface area contributed by atoms with Gasteiger partial charge in [-0.3, -0.25) is 9.59 Å². The first-order chi connectivity index (χ1) is 12.5. The van der Waals surface area contributed by atoms with E-state index >= 15 is 0 Å². The van der Waals surface area contributed by atoms with Gasteiger partial charge >= 0.3 is 0 Å². The van der Waals surface area contributed by atoms with Gasteiger partial charge in [-0.15, -0.1) is 0 Å². The molecule has 0 radical (unpaired) electrons. The smallest absolute Gasteiger partial charge is 0.270 e. The van der Waals surface area contributed by atoms with E-state index in [4.69, 9.17) is 0 Å². The van der Waals surface area contributed by atoms with E-state index in [2.05, 4.69) is 12.2 Å². The number of likely N-dealkylation sites (N-methyl/N-ethyl adjacent to an activating group) is 1.